The molecule has 2 N–H and O–H groups in total. The molecule has 2 aromatic rings. The van der Waals surface area contributed by atoms with Crippen LogP contribution in [-0.4, -0.2) is 25.5 Å². The summed E-state index contributed by atoms with van der Waals surface area (Å²) in [6.45, 7) is 0. The normalized spacial score (nSPS) is 16.9. The highest BCUT2D eigenvalue weighted by atomic mass is 32.2. The zero-order valence-corrected chi connectivity index (χ0v) is 14.2. The highest BCUT2D eigenvalue weighted by Crippen LogP contribution is 2.30. The molecule has 1 saturated carbocycles. The molecular formula is C16H18N2O3S2. The summed E-state index contributed by atoms with van der Waals surface area (Å²) in [6.07, 6.45) is 7.04. The average Bonchev–Trinajstić information content (AvgIpc) is 3.03. The van der Waals surface area contributed by atoms with E-state index in [1.807, 2.05) is 0 Å². The Morgan fingerprint density at radius 3 is 2.74 bits per heavy atom. The second kappa shape index (κ2) is 7.23. The fourth-order valence-electron chi connectivity index (χ4n) is 2.68. The summed E-state index contributed by atoms with van der Waals surface area (Å²) in [4.78, 5) is 16.3. The van der Waals surface area contributed by atoms with E-state index in [2.05, 4.69) is 10.3 Å². The molecule has 1 aliphatic carbocycles. The molecule has 5 nitrogen and oxygen atoms in total. The number of amides is 1. The van der Waals surface area contributed by atoms with Gasteiger partial charge in [-0.15, -0.1) is 0 Å². The van der Waals surface area contributed by atoms with Gasteiger partial charge in [-0.1, -0.05) is 42.7 Å². The summed E-state index contributed by atoms with van der Waals surface area (Å²) in [5, 5.41) is 12.9. The van der Waals surface area contributed by atoms with Gasteiger partial charge in [0.1, 0.15) is 9.96 Å². The van der Waals surface area contributed by atoms with Crippen LogP contribution in [0.25, 0.3) is 0 Å². The van der Waals surface area contributed by atoms with E-state index >= 15 is 0 Å². The van der Waals surface area contributed by atoms with Crippen molar-refractivity contribution < 1.29 is 14.1 Å². The summed E-state index contributed by atoms with van der Waals surface area (Å²) in [5.74, 6) is -0.500. The average molecular weight is 350 g/mol. The maximum atomic E-state index is 12.6. The van der Waals surface area contributed by atoms with Gasteiger partial charge in [0.2, 0.25) is 0 Å². The first-order valence-corrected chi connectivity index (χ1v) is 9.64. The first-order valence-electron chi connectivity index (χ1n) is 7.61. The van der Waals surface area contributed by atoms with Crippen LogP contribution in [0, 0.1) is 0 Å². The third-order valence-corrected chi connectivity index (χ3v) is 6.94. The highest BCUT2D eigenvalue weighted by Gasteiger charge is 2.23. The zero-order valence-electron chi connectivity index (χ0n) is 12.5. The molecule has 7 heteroatoms. The lowest BCUT2D eigenvalue weighted by molar-refractivity contribution is 0.102. The number of thiazole rings is 1. The molecule has 1 fully saturated rings. The van der Waals surface area contributed by atoms with Crippen molar-refractivity contribution in [2.24, 2.45) is 0 Å². The van der Waals surface area contributed by atoms with Crippen LogP contribution in [0.15, 0.2) is 34.7 Å². The Bertz CT molecular complexity index is 724. The number of para-hydroxylation sites is 1. The minimum Gasteiger partial charge on any atom is -0.507 e. The molecule has 1 amide bonds. The van der Waals surface area contributed by atoms with Gasteiger partial charge >= 0.3 is 0 Å². The number of rotatable bonds is 4. The third-order valence-electron chi connectivity index (χ3n) is 3.91. The van der Waals surface area contributed by atoms with Crippen molar-refractivity contribution >= 4 is 33.2 Å². The number of carbonyl (C=O) groups is 1. The maximum absolute atomic E-state index is 12.6. The van der Waals surface area contributed by atoms with Gasteiger partial charge in [0.15, 0.2) is 5.13 Å². The Morgan fingerprint density at radius 2 is 2.00 bits per heavy atom. The van der Waals surface area contributed by atoms with Gasteiger partial charge in [-0.2, -0.15) is 0 Å². The number of hydrogen-bond donors (Lipinski definition) is 2. The molecule has 1 aliphatic rings. The van der Waals surface area contributed by atoms with Gasteiger partial charge in [0.05, 0.1) is 22.6 Å². The lowest BCUT2D eigenvalue weighted by atomic mass is 10.0. The van der Waals surface area contributed by atoms with E-state index in [1.165, 1.54) is 23.8 Å². The van der Waals surface area contributed by atoms with E-state index in [4.69, 9.17) is 0 Å². The molecule has 1 aromatic heterocycles. The Hall–Kier alpha value is -1.73. The van der Waals surface area contributed by atoms with Crippen molar-refractivity contribution in [3.63, 3.8) is 0 Å². The number of nitrogens with zero attached hydrogens (tertiary/aromatic N) is 1. The minimum absolute atomic E-state index is 0.0763. The fraction of sp³-hybridized carbons (Fsp3) is 0.375. The van der Waals surface area contributed by atoms with Crippen molar-refractivity contribution in [1.82, 2.24) is 4.98 Å². The fourth-order valence-corrected chi connectivity index (χ4v) is 5.45. The number of carbonyl (C=O) groups excluding carboxylic acids is 1. The summed E-state index contributed by atoms with van der Waals surface area (Å²) < 4.78 is 13.3. The molecule has 122 valence electrons. The van der Waals surface area contributed by atoms with E-state index in [0.29, 0.717) is 9.34 Å². The maximum Gasteiger partial charge on any atom is 0.261 e. The molecule has 1 unspecified atom stereocenters. The van der Waals surface area contributed by atoms with E-state index in [1.54, 1.807) is 24.4 Å². The first-order chi connectivity index (χ1) is 11.1. The molecule has 1 heterocycles. The highest BCUT2D eigenvalue weighted by molar-refractivity contribution is 7.88. The van der Waals surface area contributed by atoms with Gasteiger partial charge in [-0.05, 0) is 25.0 Å². The Kier molecular flexibility index (Phi) is 5.07. The predicted octanol–water partition coefficient (Wildman–Crippen LogP) is 3.54. The Labute approximate surface area is 141 Å². The SMILES string of the molecule is O=C(Nc1ncc(S(=O)C2CCCCC2)s1)c1ccccc1O. The van der Waals surface area contributed by atoms with E-state index in [-0.39, 0.29) is 16.6 Å². The van der Waals surface area contributed by atoms with Crippen molar-refractivity contribution in [2.45, 2.75) is 41.6 Å². The standard InChI is InChI=1S/C16H18N2O3S2/c19-13-9-5-4-8-12(13)15(20)18-16-17-10-14(22-16)23(21)11-6-2-1-3-7-11/h4-5,8-11,19H,1-3,6-7H2,(H,17,18,20). The predicted molar refractivity (Wildman–Crippen MR) is 91.5 cm³/mol. The van der Waals surface area contributed by atoms with Gasteiger partial charge < -0.3 is 5.11 Å². The van der Waals surface area contributed by atoms with Crippen molar-refractivity contribution in [1.29, 1.82) is 0 Å². The van der Waals surface area contributed by atoms with Crippen LogP contribution in [0.3, 0.4) is 0 Å². The number of hydrogen-bond acceptors (Lipinski definition) is 5. The number of nitrogens with one attached hydrogen (secondary N) is 1. The Balaban J connectivity index is 1.68. The molecule has 0 aliphatic heterocycles. The lowest BCUT2D eigenvalue weighted by Crippen LogP contribution is -2.17. The number of aromatic hydroxyl groups is 1. The number of phenolic OH excluding ortho intramolecular Hbond substituents is 1. The summed E-state index contributed by atoms with van der Waals surface area (Å²) >= 11 is 1.24. The Morgan fingerprint density at radius 1 is 1.26 bits per heavy atom. The first kappa shape index (κ1) is 16.1. The molecule has 0 bridgehead atoms. The van der Waals surface area contributed by atoms with Gasteiger partial charge in [-0.3, -0.25) is 14.3 Å². The van der Waals surface area contributed by atoms with E-state index < -0.39 is 16.7 Å². The molecule has 3 rings (SSSR count). The molecule has 1 aromatic carbocycles. The molecular weight excluding hydrogens is 332 g/mol. The molecule has 0 spiro atoms. The zero-order chi connectivity index (χ0) is 16.2. The van der Waals surface area contributed by atoms with Crippen LogP contribution in [0.5, 0.6) is 5.75 Å². The smallest absolute Gasteiger partial charge is 0.261 e. The van der Waals surface area contributed by atoms with Gasteiger partial charge in [0, 0.05) is 5.25 Å². The van der Waals surface area contributed by atoms with Crippen LogP contribution in [0.2, 0.25) is 0 Å². The van der Waals surface area contributed by atoms with Crippen LogP contribution in [0.4, 0.5) is 5.13 Å². The van der Waals surface area contributed by atoms with Crippen molar-refractivity contribution in [3.05, 3.63) is 36.0 Å². The molecule has 0 radical (unpaired) electrons. The van der Waals surface area contributed by atoms with Crippen LogP contribution < -0.4 is 5.32 Å². The van der Waals surface area contributed by atoms with Crippen LogP contribution >= 0.6 is 11.3 Å². The van der Waals surface area contributed by atoms with Gasteiger partial charge in [0.25, 0.3) is 5.91 Å². The largest absolute Gasteiger partial charge is 0.507 e. The number of aromatic nitrogens is 1. The van der Waals surface area contributed by atoms with E-state index in [9.17, 15) is 14.1 Å². The number of phenols is 1. The summed E-state index contributed by atoms with van der Waals surface area (Å²) in [5.41, 5.74) is 0.192. The van der Waals surface area contributed by atoms with Gasteiger partial charge in [-0.25, -0.2) is 4.98 Å². The van der Waals surface area contributed by atoms with E-state index in [0.717, 1.165) is 25.7 Å². The summed E-state index contributed by atoms with van der Waals surface area (Å²) in [6, 6.07) is 6.33. The second-order valence-electron chi connectivity index (χ2n) is 5.51. The van der Waals surface area contributed by atoms with Crippen molar-refractivity contribution in [2.75, 3.05) is 5.32 Å². The molecule has 23 heavy (non-hydrogen) atoms. The monoisotopic (exact) mass is 350 g/mol. The van der Waals surface area contributed by atoms with Crippen molar-refractivity contribution in [3.8, 4) is 5.75 Å². The lowest BCUT2D eigenvalue weighted by Gasteiger charge is -2.19. The molecule has 0 saturated heterocycles. The topological polar surface area (TPSA) is 79.3 Å². The quantitative estimate of drug-likeness (QED) is 0.884. The van der Waals surface area contributed by atoms with Crippen LogP contribution in [0.1, 0.15) is 42.5 Å². The second-order valence-corrected chi connectivity index (χ2v) is 8.50. The third kappa shape index (κ3) is 3.79. The number of benzene rings is 1. The minimum atomic E-state index is -1.06. The number of anilines is 1. The summed E-state index contributed by atoms with van der Waals surface area (Å²) in [7, 11) is -1.06. The molecule has 1 atom stereocenters. The van der Waals surface area contributed by atoms with Crippen LogP contribution in [-0.2, 0) is 10.8 Å².